The van der Waals surface area contributed by atoms with Crippen LogP contribution in [0.25, 0.3) is 0 Å². The van der Waals surface area contributed by atoms with Gasteiger partial charge in [-0.3, -0.25) is 9.59 Å². The van der Waals surface area contributed by atoms with E-state index >= 15 is 0 Å². The summed E-state index contributed by atoms with van der Waals surface area (Å²) in [4.78, 5) is 25.4. The number of carbonyl (C=O) groups is 2. The van der Waals surface area contributed by atoms with Crippen LogP contribution in [0.4, 0.5) is 0 Å². The van der Waals surface area contributed by atoms with Crippen molar-refractivity contribution in [3.05, 3.63) is 35.9 Å². The molecule has 0 spiro atoms. The van der Waals surface area contributed by atoms with Gasteiger partial charge >= 0.3 is 5.97 Å². The number of amides is 1. The van der Waals surface area contributed by atoms with E-state index in [1.807, 2.05) is 13.0 Å². The molecule has 0 bridgehead atoms. The number of likely N-dealkylation sites (N-methyl/N-ethyl adjacent to an activating group) is 1. The highest BCUT2D eigenvalue weighted by molar-refractivity contribution is 5.89. The zero-order valence-electron chi connectivity index (χ0n) is 12.8. The first kappa shape index (κ1) is 17.2. The molecule has 0 saturated heterocycles. The summed E-state index contributed by atoms with van der Waals surface area (Å²) in [6.45, 7) is 4.97. The molecule has 0 aliphatic rings. The third-order valence-electron chi connectivity index (χ3n) is 3.59. The maximum atomic E-state index is 12.2. The lowest BCUT2D eigenvalue weighted by molar-refractivity contribution is -0.147. The smallest absolute Gasteiger partial charge is 0.314 e. The van der Waals surface area contributed by atoms with Gasteiger partial charge in [0.2, 0.25) is 5.91 Å². The summed E-state index contributed by atoms with van der Waals surface area (Å²) in [5.74, 6) is -1.20. The number of nitrogens with zero attached hydrogens (tertiary/aromatic N) is 1. The molecule has 1 N–H and O–H groups in total. The van der Waals surface area contributed by atoms with Crippen LogP contribution >= 0.6 is 0 Å². The minimum atomic E-state index is -1.22. The van der Waals surface area contributed by atoms with E-state index in [9.17, 15) is 14.7 Å². The highest BCUT2D eigenvalue weighted by Gasteiger charge is 2.38. The molecule has 1 aromatic carbocycles. The van der Waals surface area contributed by atoms with Gasteiger partial charge in [0.15, 0.2) is 0 Å². The largest absolute Gasteiger partial charge is 0.481 e. The molecule has 0 saturated carbocycles. The third-order valence-corrected chi connectivity index (χ3v) is 3.59. The minimum absolute atomic E-state index is 0.0744. The van der Waals surface area contributed by atoms with Crippen molar-refractivity contribution in [2.75, 3.05) is 26.8 Å². The van der Waals surface area contributed by atoms with Crippen LogP contribution in [0, 0.1) is 0 Å². The van der Waals surface area contributed by atoms with Crippen molar-refractivity contribution in [3.8, 4) is 0 Å². The second kappa shape index (κ2) is 7.78. The molecule has 5 nitrogen and oxygen atoms in total. The first-order chi connectivity index (χ1) is 9.91. The van der Waals surface area contributed by atoms with Gasteiger partial charge in [0, 0.05) is 26.6 Å². The topological polar surface area (TPSA) is 66.8 Å². The normalized spacial score (nSPS) is 13.5. The van der Waals surface area contributed by atoms with Crippen LogP contribution in [-0.2, 0) is 19.7 Å². The molecule has 0 heterocycles. The van der Waals surface area contributed by atoms with Crippen LogP contribution < -0.4 is 0 Å². The standard InChI is InChI=1S/C16H23NO4/c1-4-21-11-10-17(3)14(18)12-16(2,15(19)20)13-8-6-5-7-9-13/h5-9H,4,10-12H2,1-3H3,(H,19,20). The van der Waals surface area contributed by atoms with Crippen LogP contribution in [0.5, 0.6) is 0 Å². The van der Waals surface area contributed by atoms with E-state index in [1.54, 1.807) is 38.2 Å². The Balaban J connectivity index is 2.79. The number of rotatable bonds is 8. The van der Waals surface area contributed by atoms with Gasteiger partial charge < -0.3 is 14.7 Å². The quantitative estimate of drug-likeness (QED) is 0.744. The third kappa shape index (κ3) is 4.56. The first-order valence-corrected chi connectivity index (χ1v) is 7.02. The SMILES string of the molecule is CCOCCN(C)C(=O)CC(C)(C(=O)O)c1ccccc1. The predicted molar refractivity (Wildman–Crippen MR) is 80.2 cm³/mol. The Labute approximate surface area is 125 Å². The second-order valence-corrected chi connectivity index (χ2v) is 5.19. The first-order valence-electron chi connectivity index (χ1n) is 7.02. The van der Waals surface area contributed by atoms with Gasteiger partial charge in [-0.25, -0.2) is 0 Å². The Kier molecular flexibility index (Phi) is 6.37. The van der Waals surface area contributed by atoms with Gasteiger partial charge in [-0.2, -0.15) is 0 Å². The van der Waals surface area contributed by atoms with Crippen molar-refractivity contribution in [2.45, 2.75) is 25.7 Å². The Bertz CT molecular complexity index is 474. The molecule has 1 aromatic rings. The van der Waals surface area contributed by atoms with Gasteiger partial charge in [-0.1, -0.05) is 30.3 Å². The zero-order valence-corrected chi connectivity index (χ0v) is 12.8. The molecule has 1 atom stereocenters. The number of aliphatic carboxylic acids is 1. The fourth-order valence-corrected chi connectivity index (χ4v) is 2.02. The van der Waals surface area contributed by atoms with Gasteiger partial charge in [-0.15, -0.1) is 0 Å². The summed E-state index contributed by atoms with van der Waals surface area (Å²) in [7, 11) is 1.66. The number of hydrogen-bond donors (Lipinski definition) is 1. The molecule has 116 valence electrons. The highest BCUT2D eigenvalue weighted by Crippen LogP contribution is 2.28. The van der Waals surface area contributed by atoms with E-state index in [4.69, 9.17) is 4.74 Å². The molecule has 1 amide bonds. The van der Waals surface area contributed by atoms with E-state index in [2.05, 4.69) is 0 Å². The average Bonchev–Trinajstić information content (AvgIpc) is 2.47. The molecule has 5 heteroatoms. The Morgan fingerprint density at radius 1 is 1.29 bits per heavy atom. The van der Waals surface area contributed by atoms with Gasteiger partial charge in [-0.05, 0) is 19.4 Å². The second-order valence-electron chi connectivity index (χ2n) is 5.19. The van der Waals surface area contributed by atoms with E-state index in [0.717, 1.165) is 0 Å². The Morgan fingerprint density at radius 2 is 1.90 bits per heavy atom. The fraction of sp³-hybridized carbons (Fsp3) is 0.500. The summed E-state index contributed by atoms with van der Waals surface area (Å²) in [5, 5.41) is 9.54. The maximum Gasteiger partial charge on any atom is 0.314 e. The van der Waals surface area contributed by atoms with Crippen molar-refractivity contribution in [1.29, 1.82) is 0 Å². The molecule has 0 aliphatic heterocycles. The van der Waals surface area contributed by atoms with Crippen LogP contribution in [0.3, 0.4) is 0 Å². The van der Waals surface area contributed by atoms with E-state index in [-0.39, 0.29) is 12.3 Å². The summed E-state index contributed by atoms with van der Waals surface area (Å²) < 4.78 is 5.21. The molecule has 0 radical (unpaired) electrons. The van der Waals surface area contributed by atoms with Crippen molar-refractivity contribution in [1.82, 2.24) is 4.90 Å². The molecule has 1 rings (SSSR count). The van der Waals surface area contributed by atoms with Gasteiger partial charge in [0.25, 0.3) is 0 Å². The molecule has 1 unspecified atom stereocenters. The molecular weight excluding hydrogens is 270 g/mol. The van der Waals surface area contributed by atoms with E-state index < -0.39 is 11.4 Å². The number of benzene rings is 1. The average molecular weight is 293 g/mol. The fourth-order valence-electron chi connectivity index (χ4n) is 2.02. The van der Waals surface area contributed by atoms with Gasteiger partial charge in [0.1, 0.15) is 0 Å². The summed E-state index contributed by atoms with van der Waals surface area (Å²) in [6, 6.07) is 8.85. The summed E-state index contributed by atoms with van der Waals surface area (Å²) in [5.41, 5.74) is -0.595. The lowest BCUT2D eigenvalue weighted by Crippen LogP contribution is -2.40. The Morgan fingerprint density at radius 3 is 2.43 bits per heavy atom. The van der Waals surface area contributed by atoms with Crippen LogP contribution in [0.1, 0.15) is 25.8 Å². The summed E-state index contributed by atoms with van der Waals surface area (Å²) in [6.07, 6.45) is -0.0744. The van der Waals surface area contributed by atoms with Crippen molar-refractivity contribution < 1.29 is 19.4 Å². The number of carboxylic acid groups (broad SMARTS) is 1. The lowest BCUT2D eigenvalue weighted by Gasteiger charge is -2.27. The predicted octanol–water partition coefficient (Wildman–Crippen LogP) is 1.91. The van der Waals surface area contributed by atoms with Crippen LogP contribution in [0.15, 0.2) is 30.3 Å². The highest BCUT2D eigenvalue weighted by atomic mass is 16.5. The molecule has 0 fully saturated rings. The van der Waals surface area contributed by atoms with E-state index in [1.165, 1.54) is 4.90 Å². The molecule has 0 aromatic heterocycles. The zero-order chi connectivity index (χ0) is 15.9. The number of hydrogen-bond acceptors (Lipinski definition) is 3. The van der Waals surface area contributed by atoms with Crippen LogP contribution in [-0.4, -0.2) is 48.7 Å². The van der Waals surface area contributed by atoms with E-state index in [0.29, 0.717) is 25.3 Å². The van der Waals surface area contributed by atoms with Crippen molar-refractivity contribution in [2.24, 2.45) is 0 Å². The number of carboxylic acids is 1. The maximum absolute atomic E-state index is 12.2. The number of ether oxygens (including phenoxy) is 1. The molecule has 21 heavy (non-hydrogen) atoms. The van der Waals surface area contributed by atoms with Gasteiger partial charge in [0.05, 0.1) is 12.0 Å². The summed E-state index contributed by atoms with van der Waals surface area (Å²) >= 11 is 0. The Hall–Kier alpha value is -1.88. The number of carbonyl (C=O) groups excluding carboxylic acids is 1. The monoisotopic (exact) mass is 293 g/mol. The molecule has 0 aliphatic carbocycles. The van der Waals surface area contributed by atoms with Crippen molar-refractivity contribution in [3.63, 3.8) is 0 Å². The van der Waals surface area contributed by atoms with Crippen LogP contribution in [0.2, 0.25) is 0 Å². The minimum Gasteiger partial charge on any atom is -0.481 e. The van der Waals surface area contributed by atoms with Crippen molar-refractivity contribution >= 4 is 11.9 Å². The lowest BCUT2D eigenvalue weighted by atomic mass is 9.79. The molecular formula is C16H23NO4.